The third kappa shape index (κ3) is 1.10. The Hall–Kier alpha value is -2.10. The van der Waals surface area contributed by atoms with E-state index in [1.165, 1.54) is 0 Å². The molecule has 2 N–H and O–H groups in total. The molecule has 3 heterocycles. The van der Waals surface area contributed by atoms with Crippen molar-refractivity contribution < 1.29 is 0 Å². The number of aryl methyl sites for hydroxylation is 2. The number of fused-ring (bicyclic) bond motifs is 3. The lowest BCUT2D eigenvalue weighted by Gasteiger charge is -1.98. The second-order valence-corrected chi connectivity index (χ2v) is 4.06. The molecule has 0 aliphatic heterocycles. The van der Waals surface area contributed by atoms with Crippen LogP contribution >= 0.6 is 0 Å². The van der Waals surface area contributed by atoms with Crippen molar-refractivity contribution in [2.24, 2.45) is 0 Å². The zero-order chi connectivity index (χ0) is 11.3. The molecular weight excluding hydrogens is 200 g/mol. The van der Waals surface area contributed by atoms with Gasteiger partial charge in [0.15, 0.2) is 0 Å². The standard InChI is InChI=1S/C12H12N4/c1-7-3-11-9(5-14-7)10-6-15-8(2)4-12(10)16(11)13/h3-6H,13H2,1-2H3. The van der Waals surface area contributed by atoms with Gasteiger partial charge in [0.1, 0.15) is 0 Å². The fourth-order valence-electron chi connectivity index (χ4n) is 2.03. The van der Waals surface area contributed by atoms with Gasteiger partial charge in [0, 0.05) is 34.6 Å². The van der Waals surface area contributed by atoms with Crippen molar-refractivity contribution in [3.8, 4) is 0 Å². The van der Waals surface area contributed by atoms with Crippen LogP contribution in [0.5, 0.6) is 0 Å². The number of rotatable bonds is 0. The topological polar surface area (TPSA) is 56.7 Å². The van der Waals surface area contributed by atoms with Gasteiger partial charge in [0.05, 0.1) is 11.0 Å². The number of nitrogens with zero attached hydrogens (tertiary/aromatic N) is 3. The van der Waals surface area contributed by atoms with E-state index < -0.39 is 0 Å². The molecule has 4 heteroatoms. The Kier molecular flexibility index (Phi) is 1.68. The zero-order valence-electron chi connectivity index (χ0n) is 9.23. The Bertz CT molecular complexity index is 638. The highest BCUT2D eigenvalue weighted by atomic mass is 15.3. The van der Waals surface area contributed by atoms with E-state index in [9.17, 15) is 0 Å². The first-order valence-corrected chi connectivity index (χ1v) is 5.15. The van der Waals surface area contributed by atoms with Crippen molar-refractivity contribution in [1.82, 2.24) is 14.6 Å². The molecule has 0 spiro atoms. The molecule has 4 nitrogen and oxygen atoms in total. The molecular formula is C12H12N4. The summed E-state index contributed by atoms with van der Waals surface area (Å²) in [5.74, 6) is 6.07. The van der Waals surface area contributed by atoms with E-state index in [0.29, 0.717) is 0 Å². The second-order valence-electron chi connectivity index (χ2n) is 4.06. The highest BCUT2D eigenvalue weighted by molar-refractivity contribution is 6.07. The predicted octanol–water partition coefficient (Wildman–Crippen LogP) is 1.92. The molecule has 0 aliphatic carbocycles. The predicted molar refractivity (Wildman–Crippen MR) is 64.7 cm³/mol. The zero-order valence-corrected chi connectivity index (χ0v) is 9.23. The number of hydrogen-bond donors (Lipinski definition) is 1. The van der Waals surface area contributed by atoms with Crippen molar-refractivity contribution in [2.75, 3.05) is 5.84 Å². The van der Waals surface area contributed by atoms with Gasteiger partial charge in [-0.3, -0.25) is 14.6 Å². The van der Waals surface area contributed by atoms with Crippen LogP contribution in [0.3, 0.4) is 0 Å². The van der Waals surface area contributed by atoms with Crippen LogP contribution in [0.15, 0.2) is 24.5 Å². The molecule has 0 bridgehead atoms. The molecule has 16 heavy (non-hydrogen) atoms. The molecule has 3 aromatic heterocycles. The molecule has 0 unspecified atom stereocenters. The molecule has 0 radical (unpaired) electrons. The van der Waals surface area contributed by atoms with Crippen LogP contribution in [0, 0.1) is 13.8 Å². The van der Waals surface area contributed by atoms with Gasteiger partial charge in [-0.25, -0.2) is 0 Å². The van der Waals surface area contributed by atoms with Crippen molar-refractivity contribution in [2.45, 2.75) is 13.8 Å². The van der Waals surface area contributed by atoms with Gasteiger partial charge >= 0.3 is 0 Å². The van der Waals surface area contributed by atoms with E-state index in [-0.39, 0.29) is 0 Å². The van der Waals surface area contributed by atoms with E-state index in [2.05, 4.69) is 9.97 Å². The van der Waals surface area contributed by atoms with E-state index in [0.717, 1.165) is 33.2 Å². The Morgan fingerprint density at radius 2 is 1.38 bits per heavy atom. The number of nitrogen functional groups attached to an aromatic ring is 1. The quantitative estimate of drug-likeness (QED) is 0.579. The van der Waals surface area contributed by atoms with Crippen molar-refractivity contribution in [1.29, 1.82) is 0 Å². The Morgan fingerprint density at radius 3 is 1.81 bits per heavy atom. The summed E-state index contributed by atoms with van der Waals surface area (Å²) in [4.78, 5) is 8.59. The first-order chi connectivity index (χ1) is 7.66. The van der Waals surface area contributed by atoms with Crippen LogP contribution in [0.1, 0.15) is 11.4 Å². The normalized spacial score (nSPS) is 11.4. The van der Waals surface area contributed by atoms with Crippen LogP contribution in [0.25, 0.3) is 21.8 Å². The smallest absolute Gasteiger partial charge is 0.0737 e. The number of aromatic nitrogens is 3. The lowest BCUT2D eigenvalue weighted by Crippen LogP contribution is -2.07. The maximum atomic E-state index is 6.07. The van der Waals surface area contributed by atoms with Gasteiger partial charge < -0.3 is 5.84 Å². The van der Waals surface area contributed by atoms with Crippen molar-refractivity contribution >= 4 is 21.8 Å². The second kappa shape index (κ2) is 2.95. The molecule has 3 aromatic rings. The molecule has 80 valence electrons. The van der Waals surface area contributed by atoms with Gasteiger partial charge in [0.25, 0.3) is 0 Å². The fourth-order valence-corrected chi connectivity index (χ4v) is 2.03. The summed E-state index contributed by atoms with van der Waals surface area (Å²) in [6.07, 6.45) is 3.71. The molecule has 0 atom stereocenters. The summed E-state index contributed by atoms with van der Waals surface area (Å²) < 4.78 is 1.70. The van der Waals surface area contributed by atoms with Crippen LogP contribution in [0.2, 0.25) is 0 Å². The lowest BCUT2D eigenvalue weighted by molar-refractivity contribution is 1.10. The molecule has 0 aromatic carbocycles. The molecule has 0 saturated carbocycles. The van der Waals surface area contributed by atoms with Crippen LogP contribution in [0.4, 0.5) is 0 Å². The minimum absolute atomic E-state index is 0.965. The number of pyridine rings is 2. The third-order valence-corrected chi connectivity index (χ3v) is 2.85. The van der Waals surface area contributed by atoms with Gasteiger partial charge in [-0.05, 0) is 26.0 Å². The monoisotopic (exact) mass is 212 g/mol. The Balaban J connectivity index is 2.59. The summed E-state index contributed by atoms with van der Waals surface area (Å²) in [5.41, 5.74) is 3.92. The number of hydrogen-bond acceptors (Lipinski definition) is 3. The molecule has 3 rings (SSSR count). The molecule has 0 amide bonds. The fraction of sp³-hybridized carbons (Fsp3) is 0.167. The summed E-state index contributed by atoms with van der Waals surface area (Å²) in [7, 11) is 0. The Labute approximate surface area is 92.7 Å². The van der Waals surface area contributed by atoms with Crippen molar-refractivity contribution in [3.05, 3.63) is 35.9 Å². The highest BCUT2D eigenvalue weighted by Gasteiger charge is 2.09. The first-order valence-electron chi connectivity index (χ1n) is 5.15. The van der Waals surface area contributed by atoms with Crippen LogP contribution < -0.4 is 5.84 Å². The average Bonchev–Trinajstić information content (AvgIpc) is 2.53. The van der Waals surface area contributed by atoms with E-state index in [1.807, 2.05) is 38.4 Å². The summed E-state index contributed by atoms with van der Waals surface area (Å²) in [6, 6.07) is 3.98. The van der Waals surface area contributed by atoms with Crippen LogP contribution in [-0.2, 0) is 0 Å². The van der Waals surface area contributed by atoms with Gasteiger partial charge in [-0.1, -0.05) is 0 Å². The summed E-state index contributed by atoms with van der Waals surface area (Å²) >= 11 is 0. The largest absolute Gasteiger partial charge is 0.339 e. The third-order valence-electron chi connectivity index (χ3n) is 2.85. The average molecular weight is 212 g/mol. The maximum absolute atomic E-state index is 6.07. The lowest BCUT2D eigenvalue weighted by atomic mass is 10.2. The highest BCUT2D eigenvalue weighted by Crippen LogP contribution is 2.26. The van der Waals surface area contributed by atoms with Gasteiger partial charge in [-0.15, -0.1) is 0 Å². The maximum Gasteiger partial charge on any atom is 0.0737 e. The molecule has 0 saturated heterocycles. The van der Waals surface area contributed by atoms with E-state index >= 15 is 0 Å². The molecule has 0 aliphatic rings. The Morgan fingerprint density at radius 1 is 0.938 bits per heavy atom. The van der Waals surface area contributed by atoms with Gasteiger partial charge in [0.2, 0.25) is 0 Å². The summed E-state index contributed by atoms with van der Waals surface area (Å²) in [5, 5.41) is 2.10. The first kappa shape index (κ1) is 9.15. The van der Waals surface area contributed by atoms with Gasteiger partial charge in [-0.2, -0.15) is 0 Å². The minimum atomic E-state index is 0.965. The SMILES string of the molecule is Cc1cc2c(cn1)c1cnc(C)cc1n2N. The van der Waals surface area contributed by atoms with E-state index in [1.54, 1.807) is 4.68 Å². The van der Waals surface area contributed by atoms with E-state index in [4.69, 9.17) is 5.84 Å². The van der Waals surface area contributed by atoms with Crippen LogP contribution in [-0.4, -0.2) is 14.6 Å². The summed E-state index contributed by atoms with van der Waals surface area (Å²) in [6.45, 7) is 3.92. The number of nitrogens with two attached hydrogens (primary N) is 1. The van der Waals surface area contributed by atoms with Crippen molar-refractivity contribution in [3.63, 3.8) is 0 Å². The minimum Gasteiger partial charge on any atom is -0.339 e. The molecule has 0 fully saturated rings.